The molecule has 1 aliphatic carbocycles. The van der Waals surface area contributed by atoms with Crippen molar-refractivity contribution in [1.82, 2.24) is 14.4 Å². The monoisotopic (exact) mass is 285 g/mol. The second kappa shape index (κ2) is 3.98. The molecule has 0 bridgehead atoms. The lowest BCUT2D eigenvalue weighted by Gasteiger charge is -2.23. The lowest BCUT2D eigenvalue weighted by Crippen LogP contribution is -2.13. The summed E-state index contributed by atoms with van der Waals surface area (Å²) in [4.78, 5) is 9.19. The summed E-state index contributed by atoms with van der Waals surface area (Å²) in [6, 6.07) is 2.11. The van der Waals surface area contributed by atoms with Gasteiger partial charge in [0.15, 0.2) is 0 Å². The third kappa shape index (κ3) is 1.33. The maximum atomic E-state index is 4.86. The fourth-order valence-electron chi connectivity index (χ4n) is 3.93. The largest absolute Gasteiger partial charge is 0.296 e. The van der Waals surface area contributed by atoms with Gasteiger partial charge in [-0.3, -0.25) is 9.38 Å². The Morgan fingerprint density at radius 2 is 2.18 bits per heavy atom. The molecular weight excluding hydrogens is 270 g/mol. The molecule has 4 heterocycles. The van der Waals surface area contributed by atoms with Crippen LogP contribution in [0.1, 0.15) is 41.9 Å². The first-order chi connectivity index (χ1) is 10.8. The van der Waals surface area contributed by atoms with Crippen LogP contribution in [0.3, 0.4) is 0 Å². The number of aryl methyl sites for hydroxylation is 2. The normalized spacial score (nSPS) is 18.8. The molecule has 3 nitrogen and oxygen atoms in total. The summed E-state index contributed by atoms with van der Waals surface area (Å²) in [5, 5.41) is 2.37. The lowest BCUT2D eigenvalue weighted by atomic mass is 9.89. The van der Waals surface area contributed by atoms with Gasteiger partial charge in [-0.05, 0) is 55.4 Å². The Labute approximate surface area is 128 Å². The highest BCUT2D eigenvalue weighted by Crippen LogP contribution is 2.41. The van der Waals surface area contributed by atoms with Crippen molar-refractivity contribution in [1.29, 1.82) is 0 Å². The van der Waals surface area contributed by atoms with Gasteiger partial charge in [0.1, 0.15) is 5.65 Å². The van der Waals surface area contributed by atoms with Gasteiger partial charge in [-0.1, -0.05) is 11.8 Å². The Morgan fingerprint density at radius 3 is 3.09 bits per heavy atom. The molecule has 5 rings (SSSR count). The Kier molecular flexibility index (Phi) is 2.17. The summed E-state index contributed by atoms with van der Waals surface area (Å²) < 4.78 is 2.36. The van der Waals surface area contributed by atoms with E-state index in [1.807, 2.05) is 12.4 Å². The average molecular weight is 285 g/mol. The van der Waals surface area contributed by atoms with Gasteiger partial charge in [-0.15, -0.1) is 0 Å². The average Bonchev–Trinajstić information content (AvgIpc) is 2.77. The topological polar surface area (TPSA) is 30.2 Å². The van der Waals surface area contributed by atoms with Gasteiger partial charge >= 0.3 is 0 Å². The number of pyridine rings is 2. The molecule has 3 heteroatoms. The number of fused-ring (bicyclic) bond motifs is 3. The van der Waals surface area contributed by atoms with E-state index in [2.05, 4.69) is 47.2 Å². The molecule has 0 saturated carbocycles. The summed E-state index contributed by atoms with van der Waals surface area (Å²) in [5.41, 5.74) is 7.49. The van der Waals surface area contributed by atoms with E-state index in [1.54, 1.807) is 0 Å². The van der Waals surface area contributed by atoms with Gasteiger partial charge in [-0.25, -0.2) is 4.98 Å². The van der Waals surface area contributed by atoms with Crippen LogP contribution in [0, 0.1) is 18.8 Å². The standard InChI is InChI=1S/C19H15N3/c1-11-4-3-5-13-6-7-16-12(2)21-19-15-10-20-9-8-14(15)17(11)18(13)22(16)19/h5,8-11H,6-7H2,1-2H3. The number of rotatable bonds is 0. The first kappa shape index (κ1) is 12.0. The molecule has 22 heavy (non-hydrogen) atoms. The van der Waals surface area contributed by atoms with Crippen molar-refractivity contribution in [2.45, 2.75) is 32.6 Å². The number of allylic oxidation sites excluding steroid dienone is 2. The van der Waals surface area contributed by atoms with Crippen molar-refractivity contribution in [3.8, 4) is 11.8 Å². The zero-order valence-electron chi connectivity index (χ0n) is 12.6. The van der Waals surface area contributed by atoms with Crippen molar-refractivity contribution in [3.05, 3.63) is 47.2 Å². The Hall–Kier alpha value is -2.60. The third-order valence-corrected chi connectivity index (χ3v) is 4.92. The number of hydrogen-bond acceptors (Lipinski definition) is 2. The van der Waals surface area contributed by atoms with Crippen molar-refractivity contribution in [3.63, 3.8) is 0 Å². The van der Waals surface area contributed by atoms with Crippen molar-refractivity contribution < 1.29 is 0 Å². The zero-order valence-corrected chi connectivity index (χ0v) is 12.6. The van der Waals surface area contributed by atoms with Gasteiger partial charge < -0.3 is 0 Å². The molecule has 0 aromatic carbocycles. The maximum Gasteiger partial charge on any atom is 0.147 e. The smallest absolute Gasteiger partial charge is 0.147 e. The summed E-state index contributed by atoms with van der Waals surface area (Å²) >= 11 is 0. The van der Waals surface area contributed by atoms with Crippen LogP contribution in [0.15, 0.2) is 24.5 Å². The number of aromatic nitrogens is 3. The number of imidazole rings is 1. The molecule has 0 N–H and O–H groups in total. The fourth-order valence-corrected chi connectivity index (χ4v) is 3.93. The number of nitrogens with zero attached hydrogens (tertiary/aromatic N) is 3. The minimum atomic E-state index is 0.215. The molecule has 0 radical (unpaired) electrons. The van der Waals surface area contributed by atoms with Crippen molar-refractivity contribution in [2.24, 2.45) is 0 Å². The van der Waals surface area contributed by atoms with Crippen LogP contribution in [-0.4, -0.2) is 14.4 Å². The van der Waals surface area contributed by atoms with E-state index in [4.69, 9.17) is 4.98 Å². The molecular formula is C19H15N3. The highest BCUT2D eigenvalue weighted by atomic mass is 15.0. The van der Waals surface area contributed by atoms with Crippen LogP contribution >= 0.6 is 0 Å². The van der Waals surface area contributed by atoms with E-state index in [0.717, 1.165) is 29.6 Å². The van der Waals surface area contributed by atoms with Gasteiger partial charge in [0.25, 0.3) is 0 Å². The van der Waals surface area contributed by atoms with Gasteiger partial charge in [0.2, 0.25) is 0 Å². The van der Waals surface area contributed by atoms with Crippen LogP contribution in [-0.2, 0) is 6.42 Å². The predicted molar refractivity (Wildman–Crippen MR) is 87.7 cm³/mol. The molecule has 3 aromatic rings. The summed E-state index contributed by atoms with van der Waals surface area (Å²) in [7, 11) is 0. The van der Waals surface area contributed by atoms with Crippen LogP contribution in [0.2, 0.25) is 0 Å². The molecule has 1 unspecified atom stereocenters. The van der Waals surface area contributed by atoms with Crippen LogP contribution in [0.4, 0.5) is 0 Å². The summed E-state index contributed by atoms with van der Waals surface area (Å²) in [6.07, 6.45) is 8.00. The van der Waals surface area contributed by atoms with E-state index in [-0.39, 0.29) is 5.92 Å². The lowest BCUT2D eigenvalue weighted by molar-refractivity contribution is 0.847. The van der Waals surface area contributed by atoms with E-state index < -0.39 is 0 Å². The van der Waals surface area contributed by atoms with Crippen molar-refractivity contribution in [2.75, 3.05) is 0 Å². The van der Waals surface area contributed by atoms with Crippen LogP contribution in [0.5, 0.6) is 0 Å². The molecule has 1 atom stereocenters. The highest BCUT2D eigenvalue weighted by Gasteiger charge is 2.28. The number of hydrogen-bond donors (Lipinski definition) is 0. The Morgan fingerprint density at radius 1 is 1.27 bits per heavy atom. The van der Waals surface area contributed by atoms with Crippen LogP contribution < -0.4 is 0 Å². The molecule has 2 aliphatic rings. The van der Waals surface area contributed by atoms with E-state index >= 15 is 0 Å². The molecule has 0 fully saturated rings. The predicted octanol–water partition coefficient (Wildman–Crippen LogP) is 3.64. The van der Waals surface area contributed by atoms with Crippen LogP contribution in [0.25, 0.3) is 22.0 Å². The Balaban J connectivity index is 2.14. The van der Waals surface area contributed by atoms with Crippen molar-refractivity contribution >= 4 is 22.0 Å². The quantitative estimate of drug-likeness (QED) is 0.590. The fraction of sp³-hybridized carbons (Fsp3) is 0.263. The minimum Gasteiger partial charge on any atom is -0.296 e. The molecule has 106 valence electrons. The maximum absolute atomic E-state index is 4.86. The van der Waals surface area contributed by atoms with E-state index in [1.165, 1.54) is 27.9 Å². The second-order valence-corrected chi connectivity index (χ2v) is 6.17. The Bertz CT molecular complexity index is 1060. The summed E-state index contributed by atoms with van der Waals surface area (Å²) in [5.74, 6) is 6.83. The van der Waals surface area contributed by atoms with E-state index in [9.17, 15) is 0 Å². The molecule has 0 amide bonds. The van der Waals surface area contributed by atoms with Gasteiger partial charge in [0.05, 0.1) is 11.4 Å². The summed E-state index contributed by atoms with van der Waals surface area (Å²) in [6.45, 7) is 4.31. The molecule has 1 aliphatic heterocycles. The first-order valence-corrected chi connectivity index (χ1v) is 7.73. The highest BCUT2D eigenvalue weighted by molar-refractivity contribution is 6.00. The SMILES string of the molecule is Cc1nc2c3cnccc3c3c4n2c1CCC4=CC#CC3C. The van der Waals surface area contributed by atoms with Gasteiger partial charge in [-0.2, -0.15) is 0 Å². The third-order valence-electron chi connectivity index (χ3n) is 4.92. The first-order valence-electron chi connectivity index (χ1n) is 7.73. The molecule has 0 spiro atoms. The minimum absolute atomic E-state index is 0.215. The molecule has 0 saturated heterocycles. The molecule has 3 aromatic heterocycles. The second-order valence-electron chi connectivity index (χ2n) is 6.17. The van der Waals surface area contributed by atoms with E-state index in [0.29, 0.717) is 0 Å². The zero-order chi connectivity index (χ0) is 14.8. The van der Waals surface area contributed by atoms with Gasteiger partial charge in [0, 0.05) is 29.4 Å².